The highest BCUT2D eigenvalue weighted by Crippen LogP contribution is 2.32. The van der Waals surface area contributed by atoms with Crippen molar-refractivity contribution < 1.29 is 9.59 Å². The van der Waals surface area contributed by atoms with Crippen LogP contribution in [-0.4, -0.2) is 30.0 Å². The summed E-state index contributed by atoms with van der Waals surface area (Å²) in [5, 5.41) is 6.98. The number of urea groups is 1. The summed E-state index contributed by atoms with van der Waals surface area (Å²) in [6.07, 6.45) is 2.48. The van der Waals surface area contributed by atoms with Crippen LogP contribution in [0.15, 0.2) is 48.7 Å². The predicted molar refractivity (Wildman–Crippen MR) is 112 cm³/mol. The molecule has 142 valence electrons. The van der Waals surface area contributed by atoms with Crippen molar-refractivity contribution in [2.75, 3.05) is 23.3 Å². The molecule has 1 aliphatic rings. The molecule has 0 unspecified atom stereocenters. The summed E-state index contributed by atoms with van der Waals surface area (Å²) < 4.78 is 0. The Balaban J connectivity index is 1.74. The Hall–Kier alpha value is -2.83. The van der Waals surface area contributed by atoms with Gasteiger partial charge in [0.2, 0.25) is 0 Å². The van der Waals surface area contributed by atoms with Crippen LogP contribution in [0.5, 0.6) is 0 Å². The fourth-order valence-electron chi connectivity index (χ4n) is 3.26. The normalized spacial score (nSPS) is 14.1. The van der Waals surface area contributed by atoms with Gasteiger partial charge in [0, 0.05) is 24.7 Å². The highest BCUT2D eigenvalue weighted by Gasteiger charge is 2.22. The molecule has 2 N–H and O–H groups in total. The van der Waals surface area contributed by atoms with Gasteiger partial charge in [-0.25, -0.2) is 4.79 Å². The molecule has 0 atom stereocenters. The monoisotopic (exact) mass is 414 g/mol. The molecule has 0 aliphatic carbocycles. The highest BCUT2D eigenvalue weighted by molar-refractivity contribution is 6.40. The van der Waals surface area contributed by atoms with Crippen LogP contribution in [0.1, 0.15) is 16.8 Å². The first-order chi connectivity index (χ1) is 13.6. The average Bonchev–Trinajstić information content (AvgIpc) is 2.68. The second-order valence-corrected chi connectivity index (χ2v) is 7.13. The highest BCUT2D eigenvalue weighted by atomic mass is 35.5. The molecular weight excluding hydrogens is 399 g/mol. The van der Waals surface area contributed by atoms with E-state index in [0.717, 1.165) is 17.5 Å². The van der Waals surface area contributed by atoms with Crippen LogP contribution in [0.3, 0.4) is 0 Å². The van der Waals surface area contributed by atoms with Crippen LogP contribution in [0.25, 0.3) is 10.9 Å². The molecule has 8 heteroatoms. The number of halogens is 2. The van der Waals surface area contributed by atoms with E-state index in [4.69, 9.17) is 23.2 Å². The number of carbonyl (C=O) groups is 2. The summed E-state index contributed by atoms with van der Waals surface area (Å²) in [7, 11) is 0. The summed E-state index contributed by atoms with van der Waals surface area (Å²) >= 11 is 12.3. The number of hydrogen-bond acceptors (Lipinski definition) is 3. The first-order valence-electron chi connectivity index (χ1n) is 8.75. The molecule has 1 fully saturated rings. The van der Waals surface area contributed by atoms with Crippen LogP contribution in [0.4, 0.5) is 16.2 Å². The lowest BCUT2D eigenvalue weighted by atomic mass is 10.1. The smallest absolute Gasteiger partial charge is 0.321 e. The van der Waals surface area contributed by atoms with Crippen molar-refractivity contribution in [3.05, 3.63) is 64.3 Å². The number of fused-ring (bicyclic) bond motifs is 1. The lowest BCUT2D eigenvalue weighted by Gasteiger charge is -2.28. The Morgan fingerprint density at radius 1 is 1.11 bits per heavy atom. The van der Waals surface area contributed by atoms with Gasteiger partial charge in [-0.2, -0.15) is 0 Å². The maximum Gasteiger partial charge on any atom is 0.321 e. The molecule has 4 rings (SSSR count). The molecule has 0 spiro atoms. The predicted octanol–water partition coefficient (Wildman–Crippen LogP) is 4.71. The molecule has 0 radical (unpaired) electrons. The first-order valence-corrected chi connectivity index (χ1v) is 9.50. The summed E-state index contributed by atoms with van der Waals surface area (Å²) in [6, 6.07) is 12.0. The Kier molecular flexibility index (Phi) is 5.07. The van der Waals surface area contributed by atoms with Gasteiger partial charge in [0.15, 0.2) is 0 Å². The number of amides is 3. The van der Waals surface area contributed by atoms with Crippen LogP contribution < -0.4 is 15.5 Å². The Bertz CT molecular complexity index is 1070. The van der Waals surface area contributed by atoms with Gasteiger partial charge >= 0.3 is 6.03 Å². The lowest BCUT2D eigenvalue weighted by Crippen LogP contribution is -2.46. The number of pyridine rings is 1. The van der Waals surface area contributed by atoms with E-state index in [1.54, 1.807) is 47.5 Å². The van der Waals surface area contributed by atoms with E-state index in [-0.39, 0.29) is 21.6 Å². The molecule has 2 aromatic carbocycles. The molecule has 1 saturated heterocycles. The maximum absolute atomic E-state index is 12.8. The summed E-state index contributed by atoms with van der Waals surface area (Å²) in [5.74, 6) is -0.425. The van der Waals surface area contributed by atoms with E-state index >= 15 is 0 Å². The maximum atomic E-state index is 12.8. The zero-order valence-electron chi connectivity index (χ0n) is 14.7. The number of hydrogen-bond donors (Lipinski definition) is 2. The Labute approximate surface area is 171 Å². The quantitative estimate of drug-likeness (QED) is 0.651. The molecule has 2 heterocycles. The SMILES string of the molecule is O=C(Nc1cccc2c(N3CCCNC3=O)ccnc12)c1c(Cl)cccc1Cl. The fourth-order valence-corrected chi connectivity index (χ4v) is 3.83. The van der Waals surface area contributed by atoms with Crippen LogP contribution in [-0.2, 0) is 0 Å². The van der Waals surface area contributed by atoms with E-state index in [9.17, 15) is 9.59 Å². The van der Waals surface area contributed by atoms with Gasteiger partial charge in [-0.3, -0.25) is 14.7 Å². The summed E-state index contributed by atoms with van der Waals surface area (Å²) in [4.78, 5) is 31.1. The zero-order chi connectivity index (χ0) is 19.7. The molecule has 1 aliphatic heterocycles. The number of anilines is 2. The number of para-hydroxylation sites is 1. The van der Waals surface area contributed by atoms with Gasteiger partial charge in [-0.05, 0) is 30.7 Å². The molecule has 3 aromatic rings. The van der Waals surface area contributed by atoms with Crippen molar-refractivity contribution in [2.45, 2.75) is 6.42 Å². The van der Waals surface area contributed by atoms with Gasteiger partial charge in [0.05, 0.1) is 32.5 Å². The van der Waals surface area contributed by atoms with E-state index in [0.29, 0.717) is 24.3 Å². The molecule has 28 heavy (non-hydrogen) atoms. The van der Waals surface area contributed by atoms with Crippen LogP contribution in [0, 0.1) is 0 Å². The number of carbonyl (C=O) groups excluding carboxylic acids is 2. The minimum absolute atomic E-state index is 0.143. The van der Waals surface area contributed by atoms with Crippen molar-refractivity contribution in [1.82, 2.24) is 10.3 Å². The van der Waals surface area contributed by atoms with Gasteiger partial charge in [0.25, 0.3) is 5.91 Å². The van der Waals surface area contributed by atoms with E-state index in [1.807, 2.05) is 6.07 Å². The standard InChI is InChI=1S/C20H16Cl2N4O2/c21-13-5-2-6-14(22)17(13)19(27)25-15-7-1-4-12-16(8-10-23-18(12)15)26-11-3-9-24-20(26)28/h1-2,4-8,10H,3,9,11H2,(H,24,28)(H,25,27). The molecule has 1 aromatic heterocycles. The number of nitrogens with zero attached hydrogens (tertiary/aromatic N) is 2. The lowest BCUT2D eigenvalue weighted by molar-refractivity contribution is 0.102. The summed E-state index contributed by atoms with van der Waals surface area (Å²) in [5.41, 5.74) is 2.04. The van der Waals surface area contributed by atoms with E-state index in [2.05, 4.69) is 15.6 Å². The molecule has 6 nitrogen and oxygen atoms in total. The van der Waals surface area contributed by atoms with Crippen LogP contribution >= 0.6 is 23.2 Å². The zero-order valence-corrected chi connectivity index (χ0v) is 16.2. The van der Waals surface area contributed by atoms with E-state index in [1.165, 1.54) is 0 Å². The third kappa shape index (κ3) is 3.37. The molecule has 0 bridgehead atoms. The van der Waals surface area contributed by atoms with Gasteiger partial charge in [0.1, 0.15) is 0 Å². The number of rotatable bonds is 3. The third-order valence-corrected chi connectivity index (χ3v) is 5.19. The van der Waals surface area contributed by atoms with E-state index < -0.39 is 5.91 Å². The molecule has 3 amide bonds. The average molecular weight is 415 g/mol. The Morgan fingerprint density at radius 3 is 2.61 bits per heavy atom. The van der Waals surface area contributed by atoms with Crippen molar-refractivity contribution >= 4 is 57.4 Å². The van der Waals surface area contributed by atoms with Crippen molar-refractivity contribution in [3.8, 4) is 0 Å². The minimum atomic E-state index is -0.425. The molecular formula is C20H16Cl2N4O2. The number of aromatic nitrogens is 1. The van der Waals surface area contributed by atoms with Gasteiger partial charge in [-0.1, -0.05) is 41.4 Å². The summed E-state index contributed by atoms with van der Waals surface area (Å²) in [6.45, 7) is 1.29. The number of nitrogens with one attached hydrogen (secondary N) is 2. The Morgan fingerprint density at radius 2 is 1.86 bits per heavy atom. The largest absolute Gasteiger partial charge is 0.338 e. The third-order valence-electron chi connectivity index (χ3n) is 4.56. The van der Waals surface area contributed by atoms with Crippen molar-refractivity contribution in [3.63, 3.8) is 0 Å². The van der Waals surface area contributed by atoms with Crippen LogP contribution in [0.2, 0.25) is 10.0 Å². The van der Waals surface area contributed by atoms with Gasteiger partial charge in [-0.15, -0.1) is 0 Å². The second-order valence-electron chi connectivity index (χ2n) is 6.32. The number of benzene rings is 2. The topological polar surface area (TPSA) is 74.3 Å². The van der Waals surface area contributed by atoms with Gasteiger partial charge < -0.3 is 10.6 Å². The van der Waals surface area contributed by atoms with Crippen molar-refractivity contribution in [1.29, 1.82) is 0 Å². The fraction of sp³-hybridized carbons (Fsp3) is 0.150. The minimum Gasteiger partial charge on any atom is -0.338 e. The molecule has 0 saturated carbocycles. The second kappa shape index (κ2) is 7.66. The first kappa shape index (κ1) is 18.5. The van der Waals surface area contributed by atoms with Crippen molar-refractivity contribution in [2.24, 2.45) is 0 Å².